The standard InChI is InChI=1S/C9H13N3O/c10-5-9(11-13)8-6-12-3-1-7(8)2-4-12/h7-8,13H,1-4,6H2/b11-9+/t8-/m0/s1. The molecule has 0 aromatic heterocycles. The second kappa shape index (κ2) is 3.35. The van der Waals surface area contributed by atoms with Crippen LogP contribution >= 0.6 is 0 Å². The molecular weight excluding hydrogens is 166 g/mol. The van der Waals surface area contributed by atoms with Crippen LogP contribution in [0, 0.1) is 23.2 Å². The molecule has 2 bridgehead atoms. The molecule has 13 heavy (non-hydrogen) atoms. The smallest absolute Gasteiger partial charge is 0.161 e. The minimum absolute atomic E-state index is 0.178. The van der Waals surface area contributed by atoms with E-state index in [9.17, 15) is 0 Å². The summed E-state index contributed by atoms with van der Waals surface area (Å²) in [5.41, 5.74) is 0.314. The van der Waals surface area contributed by atoms with Gasteiger partial charge in [-0.2, -0.15) is 5.26 Å². The van der Waals surface area contributed by atoms with Crippen molar-refractivity contribution >= 4 is 5.71 Å². The van der Waals surface area contributed by atoms with Crippen LogP contribution in [0.1, 0.15) is 12.8 Å². The maximum Gasteiger partial charge on any atom is 0.161 e. The zero-order valence-electron chi connectivity index (χ0n) is 7.48. The molecule has 0 saturated carbocycles. The first kappa shape index (κ1) is 8.52. The van der Waals surface area contributed by atoms with Gasteiger partial charge in [0, 0.05) is 12.5 Å². The topological polar surface area (TPSA) is 59.6 Å². The molecule has 0 aromatic carbocycles. The van der Waals surface area contributed by atoms with E-state index in [0.29, 0.717) is 11.6 Å². The average Bonchev–Trinajstić information content (AvgIpc) is 2.22. The van der Waals surface area contributed by atoms with Gasteiger partial charge in [0.25, 0.3) is 0 Å². The van der Waals surface area contributed by atoms with Gasteiger partial charge in [-0.1, -0.05) is 5.16 Å². The van der Waals surface area contributed by atoms with E-state index in [1.807, 2.05) is 6.07 Å². The maximum absolute atomic E-state index is 8.75. The molecule has 0 spiro atoms. The van der Waals surface area contributed by atoms with E-state index in [0.717, 1.165) is 32.5 Å². The zero-order valence-corrected chi connectivity index (χ0v) is 7.48. The quantitative estimate of drug-likeness (QED) is 0.366. The number of hydrogen-bond donors (Lipinski definition) is 1. The molecule has 0 aliphatic carbocycles. The first-order valence-electron chi connectivity index (χ1n) is 4.69. The van der Waals surface area contributed by atoms with Crippen molar-refractivity contribution in [1.82, 2.24) is 4.90 Å². The van der Waals surface area contributed by atoms with Crippen molar-refractivity contribution < 1.29 is 5.21 Å². The predicted octanol–water partition coefficient (Wildman–Crippen LogP) is 0.682. The summed E-state index contributed by atoms with van der Waals surface area (Å²) < 4.78 is 0. The average molecular weight is 179 g/mol. The fourth-order valence-corrected chi connectivity index (χ4v) is 2.45. The second-order valence-corrected chi connectivity index (χ2v) is 3.84. The number of nitrogens with zero attached hydrogens (tertiary/aromatic N) is 3. The lowest BCUT2D eigenvalue weighted by Crippen LogP contribution is -2.49. The van der Waals surface area contributed by atoms with Crippen molar-refractivity contribution in [2.24, 2.45) is 17.0 Å². The second-order valence-electron chi connectivity index (χ2n) is 3.84. The summed E-state index contributed by atoms with van der Waals surface area (Å²) in [4.78, 5) is 2.34. The van der Waals surface area contributed by atoms with E-state index in [1.165, 1.54) is 0 Å². The molecule has 4 nitrogen and oxygen atoms in total. The molecule has 1 N–H and O–H groups in total. The number of nitriles is 1. The lowest BCUT2D eigenvalue weighted by Gasteiger charge is -2.43. The Morgan fingerprint density at radius 1 is 1.46 bits per heavy atom. The van der Waals surface area contributed by atoms with Crippen molar-refractivity contribution in [2.45, 2.75) is 12.8 Å². The number of fused-ring (bicyclic) bond motifs is 3. The monoisotopic (exact) mass is 179 g/mol. The van der Waals surface area contributed by atoms with Gasteiger partial charge in [0.1, 0.15) is 6.07 Å². The van der Waals surface area contributed by atoms with Crippen LogP contribution in [0.4, 0.5) is 0 Å². The van der Waals surface area contributed by atoms with Gasteiger partial charge < -0.3 is 10.1 Å². The van der Waals surface area contributed by atoms with E-state index < -0.39 is 0 Å². The Kier molecular flexibility index (Phi) is 2.19. The van der Waals surface area contributed by atoms with Crippen LogP contribution < -0.4 is 0 Å². The third kappa shape index (κ3) is 1.40. The molecule has 0 aromatic rings. The highest BCUT2D eigenvalue weighted by Gasteiger charge is 2.37. The summed E-state index contributed by atoms with van der Waals surface area (Å²) in [6, 6.07) is 1.98. The van der Waals surface area contributed by atoms with E-state index in [1.54, 1.807) is 0 Å². The number of piperidine rings is 3. The summed E-state index contributed by atoms with van der Waals surface area (Å²) in [6.07, 6.45) is 2.29. The first-order chi connectivity index (χ1) is 6.35. The molecular formula is C9H13N3O. The Bertz CT molecular complexity index is 261. The van der Waals surface area contributed by atoms with Crippen LogP contribution in [-0.2, 0) is 0 Å². The van der Waals surface area contributed by atoms with Crippen LogP contribution in [-0.4, -0.2) is 35.5 Å². The van der Waals surface area contributed by atoms with Gasteiger partial charge >= 0.3 is 0 Å². The van der Waals surface area contributed by atoms with Crippen molar-refractivity contribution in [2.75, 3.05) is 19.6 Å². The van der Waals surface area contributed by atoms with Gasteiger partial charge in [-0.25, -0.2) is 0 Å². The van der Waals surface area contributed by atoms with Crippen molar-refractivity contribution in [3.8, 4) is 6.07 Å². The Morgan fingerprint density at radius 2 is 2.15 bits per heavy atom. The fourth-order valence-electron chi connectivity index (χ4n) is 2.45. The van der Waals surface area contributed by atoms with Crippen LogP contribution in [0.25, 0.3) is 0 Å². The van der Waals surface area contributed by atoms with E-state index in [4.69, 9.17) is 10.5 Å². The molecule has 3 fully saturated rings. The summed E-state index contributed by atoms with van der Waals surface area (Å²) in [5, 5.41) is 20.5. The molecule has 0 amide bonds. The molecule has 4 heteroatoms. The zero-order chi connectivity index (χ0) is 9.26. The highest BCUT2D eigenvalue weighted by Crippen LogP contribution is 2.32. The molecule has 3 heterocycles. The Labute approximate surface area is 77.4 Å². The minimum Gasteiger partial charge on any atom is -0.410 e. The van der Waals surface area contributed by atoms with Gasteiger partial charge in [-0.05, 0) is 31.8 Å². The van der Waals surface area contributed by atoms with Crippen LogP contribution in [0.5, 0.6) is 0 Å². The Balaban J connectivity index is 2.13. The third-order valence-electron chi connectivity index (χ3n) is 3.23. The molecule has 0 unspecified atom stereocenters. The molecule has 3 aliphatic heterocycles. The summed E-state index contributed by atoms with van der Waals surface area (Å²) in [7, 11) is 0. The molecule has 3 aliphatic rings. The molecule has 0 radical (unpaired) electrons. The number of oxime groups is 1. The lowest BCUT2D eigenvalue weighted by molar-refractivity contribution is 0.0811. The van der Waals surface area contributed by atoms with Crippen molar-refractivity contribution in [1.29, 1.82) is 5.26 Å². The van der Waals surface area contributed by atoms with Gasteiger partial charge in [0.15, 0.2) is 5.71 Å². The largest absolute Gasteiger partial charge is 0.410 e. The molecule has 3 saturated heterocycles. The minimum atomic E-state index is 0.178. The summed E-state index contributed by atoms with van der Waals surface area (Å²) in [5.74, 6) is 0.744. The SMILES string of the molecule is N#C/C(=N\O)[C@H]1CN2CCC1CC2. The number of hydrogen-bond acceptors (Lipinski definition) is 4. The normalized spacial score (nSPS) is 38.7. The van der Waals surface area contributed by atoms with E-state index in [2.05, 4.69) is 10.1 Å². The summed E-state index contributed by atoms with van der Waals surface area (Å²) >= 11 is 0. The van der Waals surface area contributed by atoms with Crippen LogP contribution in [0.15, 0.2) is 5.16 Å². The van der Waals surface area contributed by atoms with Gasteiger partial charge in [0.2, 0.25) is 0 Å². The maximum atomic E-state index is 8.75. The van der Waals surface area contributed by atoms with Crippen molar-refractivity contribution in [3.05, 3.63) is 0 Å². The third-order valence-corrected chi connectivity index (χ3v) is 3.23. The predicted molar refractivity (Wildman–Crippen MR) is 47.5 cm³/mol. The van der Waals surface area contributed by atoms with Crippen LogP contribution in [0.2, 0.25) is 0 Å². The molecule has 70 valence electrons. The fraction of sp³-hybridized carbons (Fsp3) is 0.778. The molecule has 3 rings (SSSR count). The van der Waals surface area contributed by atoms with Gasteiger partial charge in [0.05, 0.1) is 0 Å². The molecule has 1 atom stereocenters. The lowest BCUT2D eigenvalue weighted by atomic mass is 9.77. The Morgan fingerprint density at radius 3 is 2.54 bits per heavy atom. The first-order valence-corrected chi connectivity index (χ1v) is 4.69. The van der Waals surface area contributed by atoms with Gasteiger partial charge in [-0.3, -0.25) is 0 Å². The number of rotatable bonds is 1. The van der Waals surface area contributed by atoms with E-state index in [-0.39, 0.29) is 5.92 Å². The highest BCUT2D eigenvalue weighted by atomic mass is 16.4. The van der Waals surface area contributed by atoms with E-state index >= 15 is 0 Å². The van der Waals surface area contributed by atoms with Gasteiger partial charge in [-0.15, -0.1) is 0 Å². The summed E-state index contributed by atoms with van der Waals surface area (Å²) in [6.45, 7) is 3.19. The highest BCUT2D eigenvalue weighted by molar-refractivity contribution is 6.00. The van der Waals surface area contributed by atoms with Crippen molar-refractivity contribution in [3.63, 3.8) is 0 Å². The Hall–Kier alpha value is -1.08. The van der Waals surface area contributed by atoms with Crippen LogP contribution in [0.3, 0.4) is 0 Å².